The monoisotopic (exact) mass is 454 g/mol. The number of imide groups is 1. The third-order valence-electron chi connectivity index (χ3n) is 4.32. The molecule has 166 valence electrons. The van der Waals surface area contributed by atoms with Gasteiger partial charge in [0.2, 0.25) is 0 Å². The Morgan fingerprint density at radius 3 is 2.56 bits per heavy atom. The summed E-state index contributed by atoms with van der Waals surface area (Å²) < 4.78 is 10.3. The molecule has 32 heavy (non-hydrogen) atoms. The van der Waals surface area contributed by atoms with Crippen LogP contribution in [-0.2, 0) is 19.1 Å². The molecule has 1 fully saturated rings. The number of carbonyl (C=O) groups excluding carboxylic acids is 4. The van der Waals surface area contributed by atoms with Crippen LogP contribution < -0.4 is 10.1 Å². The van der Waals surface area contributed by atoms with E-state index in [1.807, 2.05) is 25.1 Å². The lowest BCUT2D eigenvalue weighted by Gasteiger charge is -2.10. The Hall–Kier alpha value is -3.59. The second-order valence-corrected chi connectivity index (χ2v) is 7.84. The van der Waals surface area contributed by atoms with Gasteiger partial charge in [-0.3, -0.25) is 24.1 Å². The van der Waals surface area contributed by atoms with E-state index < -0.39 is 23.7 Å². The van der Waals surface area contributed by atoms with Gasteiger partial charge in [-0.1, -0.05) is 24.3 Å². The number of aryl methyl sites for hydroxylation is 1. The molecule has 0 unspecified atom stereocenters. The molecule has 1 aliphatic heterocycles. The highest BCUT2D eigenvalue weighted by Gasteiger charge is 2.36. The Morgan fingerprint density at radius 2 is 1.88 bits per heavy atom. The highest BCUT2D eigenvalue weighted by Crippen LogP contribution is 2.32. The van der Waals surface area contributed by atoms with Crippen molar-refractivity contribution in [3.05, 3.63) is 64.6 Å². The van der Waals surface area contributed by atoms with Crippen molar-refractivity contribution < 1.29 is 28.7 Å². The van der Waals surface area contributed by atoms with Gasteiger partial charge in [0.15, 0.2) is 6.61 Å². The summed E-state index contributed by atoms with van der Waals surface area (Å²) in [5.74, 6) is -0.975. The first-order chi connectivity index (χ1) is 15.4. The molecule has 0 saturated carbocycles. The number of thioether (sulfide) groups is 1. The second-order valence-electron chi connectivity index (χ2n) is 6.85. The summed E-state index contributed by atoms with van der Waals surface area (Å²) in [5.41, 5.74) is 2.41. The molecule has 0 atom stereocenters. The fourth-order valence-electron chi connectivity index (χ4n) is 2.85. The maximum absolute atomic E-state index is 12.4. The van der Waals surface area contributed by atoms with Crippen molar-refractivity contribution in [1.29, 1.82) is 0 Å². The van der Waals surface area contributed by atoms with Gasteiger partial charge < -0.3 is 14.8 Å². The first-order valence-corrected chi connectivity index (χ1v) is 10.7. The van der Waals surface area contributed by atoms with Gasteiger partial charge in [0.05, 0.1) is 11.5 Å². The number of benzene rings is 2. The molecular formula is C23H22N2O6S. The van der Waals surface area contributed by atoms with Crippen molar-refractivity contribution in [2.24, 2.45) is 0 Å². The Balaban J connectivity index is 1.55. The fourth-order valence-corrected chi connectivity index (χ4v) is 3.69. The molecule has 2 aromatic carbocycles. The fraction of sp³-hybridized carbons (Fsp3) is 0.217. The Bertz CT molecular complexity index is 1060. The number of esters is 1. The van der Waals surface area contributed by atoms with E-state index in [9.17, 15) is 19.2 Å². The van der Waals surface area contributed by atoms with E-state index in [4.69, 9.17) is 9.47 Å². The average Bonchev–Trinajstić information content (AvgIpc) is 3.01. The van der Waals surface area contributed by atoms with Crippen LogP contribution in [-0.4, -0.2) is 47.7 Å². The van der Waals surface area contributed by atoms with Crippen LogP contribution in [0.2, 0.25) is 0 Å². The van der Waals surface area contributed by atoms with Crippen LogP contribution in [0, 0.1) is 6.92 Å². The summed E-state index contributed by atoms with van der Waals surface area (Å²) in [7, 11) is 0. The average molecular weight is 455 g/mol. The maximum Gasteiger partial charge on any atom is 0.326 e. The van der Waals surface area contributed by atoms with Gasteiger partial charge in [-0.05, 0) is 67.1 Å². The summed E-state index contributed by atoms with van der Waals surface area (Å²) >= 11 is 0.764. The van der Waals surface area contributed by atoms with Crippen molar-refractivity contribution in [3.63, 3.8) is 0 Å². The highest BCUT2D eigenvalue weighted by molar-refractivity contribution is 8.18. The maximum atomic E-state index is 12.4. The minimum Gasteiger partial charge on any atom is -0.484 e. The molecule has 1 heterocycles. The summed E-state index contributed by atoms with van der Waals surface area (Å²) in [6.07, 6.45) is 1.56. The first-order valence-electron chi connectivity index (χ1n) is 9.86. The molecule has 2 aromatic rings. The van der Waals surface area contributed by atoms with Crippen molar-refractivity contribution in [1.82, 2.24) is 4.90 Å². The number of hydrogen-bond acceptors (Lipinski definition) is 7. The predicted octanol–water partition coefficient (Wildman–Crippen LogP) is 3.61. The van der Waals surface area contributed by atoms with Crippen LogP contribution in [0.25, 0.3) is 6.08 Å². The van der Waals surface area contributed by atoms with Crippen LogP contribution in [0.5, 0.6) is 5.75 Å². The molecule has 1 N–H and O–H groups in total. The molecule has 0 bridgehead atoms. The van der Waals surface area contributed by atoms with Crippen LogP contribution in [0.1, 0.15) is 18.1 Å². The molecule has 0 radical (unpaired) electrons. The summed E-state index contributed by atoms with van der Waals surface area (Å²) in [6, 6.07) is 14.2. The number of nitrogens with one attached hydrogen (secondary N) is 1. The molecule has 8 nitrogen and oxygen atoms in total. The molecule has 0 aromatic heterocycles. The number of rotatable bonds is 8. The zero-order chi connectivity index (χ0) is 23.1. The number of carbonyl (C=O) groups is 4. The van der Waals surface area contributed by atoms with E-state index >= 15 is 0 Å². The quantitative estimate of drug-likeness (QED) is 0.480. The largest absolute Gasteiger partial charge is 0.484 e. The highest BCUT2D eigenvalue weighted by atomic mass is 32.2. The normalized spacial score (nSPS) is 14.6. The van der Waals surface area contributed by atoms with E-state index in [2.05, 4.69) is 5.32 Å². The van der Waals surface area contributed by atoms with Crippen LogP contribution in [0.4, 0.5) is 10.5 Å². The SMILES string of the molecule is CCOC(=O)CN1C(=O)S/C(=C\c2ccc(OCC(=O)Nc3cccc(C)c3)cc2)C1=O. The summed E-state index contributed by atoms with van der Waals surface area (Å²) in [6.45, 7) is 3.20. The lowest BCUT2D eigenvalue weighted by atomic mass is 10.2. The molecule has 9 heteroatoms. The molecule has 1 aliphatic rings. The van der Waals surface area contributed by atoms with Crippen molar-refractivity contribution >= 4 is 46.5 Å². The van der Waals surface area contributed by atoms with Crippen molar-refractivity contribution in [2.45, 2.75) is 13.8 Å². The minimum atomic E-state index is -0.635. The zero-order valence-corrected chi connectivity index (χ0v) is 18.4. The van der Waals surface area contributed by atoms with Gasteiger partial charge in [0, 0.05) is 5.69 Å². The lowest BCUT2D eigenvalue weighted by Crippen LogP contribution is -2.34. The number of anilines is 1. The third kappa shape index (κ3) is 6.21. The molecule has 3 rings (SSSR count). The van der Waals surface area contributed by atoms with Gasteiger partial charge in [-0.2, -0.15) is 0 Å². The Morgan fingerprint density at radius 1 is 1.12 bits per heavy atom. The smallest absolute Gasteiger partial charge is 0.326 e. The van der Waals surface area contributed by atoms with Gasteiger partial charge in [0.1, 0.15) is 12.3 Å². The van der Waals surface area contributed by atoms with Crippen LogP contribution in [0.15, 0.2) is 53.4 Å². The molecule has 3 amide bonds. The van der Waals surface area contributed by atoms with E-state index in [1.54, 1.807) is 43.3 Å². The third-order valence-corrected chi connectivity index (χ3v) is 5.22. The standard InChI is InChI=1S/C23H22N2O6S/c1-3-30-21(27)13-25-22(28)19(32-23(25)29)12-16-7-9-18(10-8-16)31-14-20(26)24-17-6-4-5-15(2)11-17/h4-12H,3,13-14H2,1-2H3,(H,24,26)/b19-12-. The van der Waals surface area contributed by atoms with E-state index in [0.717, 1.165) is 22.2 Å². The van der Waals surface area contributed by atoms with Gasteiger partial charge in [-0.15, -0.1) is 0 Å². The summed E-state index contributed by atoms with van der Waals surface area (Å²) in [5, 5.41) is 2.24. The minimum absolute atomic E-state index is 0.153. The van der Waals surface area contributed by atoms with Gasteiger partial charge in [0.25, 0.3) is 17.1 Å². The second kappa shape index (κ2) is 10.6. The summed E-state index contributed by atoms with van der Waals surface area (Å²) in [4.78, 5) is 49.2. The number of amides is 3. The topological polar surface area (TPSA) is 102 Å². The first kappa shape index (κ1) is 23.1. The van der Waals surface area contributed by atoms with Crippen molar-refractivity contribution in [3.8, 4) is 5.75 Å². The van der Waals surface area contributed by atoms with Crippen LogP contribution >= 0.6 is 11.8 Å². The Kier molecular flexibility index (Phi) is 7.67. The predicted molar refractivity (Wildman–Crippen MR) is 121 cm³/mol. The van der Waals surface area contributed by atoms with E-state index in [1.165, 1.54) is 0 Å². The number of nitrogens with zero attached hydrogens (tertiary/aromatic N) is 1. The molecule has 0 aliphatic carbocycles. The number of hydrogen-bond donors (Lipinski definition) is 1. The molecule has 0 spiro atoms. The number of ether oxygens (including phenoxy) is 2. The van der Waals surface area contributed by atoms with Gasteiger partial charge >= 0.3 is 5.97 Å². The molecule has 1 saturated heterocycles. The van der Waals surface area contributed by atoms with Crippen molar-refractivity contribution in [2.75, 3.05) is 25.1 Å². The zero-order valence-electron chi connectivity index (χ0n) is 17.6. The Labute approximate surface area is 189 Å². The van der Waals surface area contributed by atoms with Gasteiger partial charge in [-0.25, -0.2) is 0 Å². The van der Waals surface area contributed by atoms with E-state index in [-0.39, 0.29) is 24.0 Å². The molecular weight excluding hydrogens is 432 g/mol. The van der Waals surface area contributed by atoms with E-state index in [0.29, 0.717) is 17.0 Å². The van der Waals surface area contributed by atoms with Crippen LogP contribution in [0.3, 0.4) is 0 Å². The lowest BCUT2D eigenvalue weighted by molar-refractivity contribution is -0.146.